The minimum atomic E-state index is 0.0137. The first-order valence-corrected chi connectivity index (χ1v) is 3.61. The number of aliphatic hydroxyl groups is 1. The van der Waals surface area contributed by atoms with Crippen LogP contribution in [0, 0.1) is 11.8 Å². The number of hydrogen-bond acceptors (Lipinski definition) is 3. The molecule has 1 aromatic heterocycles. The van der Waals surface area contributed by atoms with Crippen molar-refractivity contribution in [2.75, 3.05) is 6.54 Å². The van der Waals surface area contributed by atoms with Gasteiger partial charge in [0.25, 0.3) is 0 Å². The topological polar surface area (TPSA) is 59.1 Å². The molecule has 3 heteroatoms. The Morgan fingerprint density at radius 1 is 1.58 bits per heavy atom. The summed E-state index contributed by atoms with van der Waals surface area (Å²) in [5, 5.41) is 8.79. The molecule has 0 unspecified atom stereocenters. The van der Waals surface area contributed by atoms with Crippen molar-refractivity contribution in [3.8, 4) is 11.8 Å². The van der Waals surface area contributed by atoms with Crippen molar-refractivity contribution in [1.82, 2.24) is 4.98 Å². The molecule has 1 rings (SSSR count). The van der Waals surface area contributed by atoms with Gasteiger partial charge in [-0.3, -0.25) is 0 Å². The molecule has 0 aromatic carbocycles. The highest BCUT2D eigenvalue weighted by Gasteiger charge is 1.91. The van der Waals surface area contributed by atoms with Crippen LogP contribution in [0.1, 0.15) is 11.3 Å². The van der Waals surface area contributed by atoms with E-state index in [2.05, 4.69) is 16.8 Å². The minimum absolute atomic E-state index is 0.0137. The first-order chi connectivity index (χ1) is 5.86. The Bertz CT molecular complexity index is 312. The van der Waals surface area contributed by atoms with Crippen molar-refractivity contribution >= 4 is 0 Å². The molecule has 0 saturated carbocycles. The molecule has 12 heavy (non-hydrogen) atoms. The number of aliphatic hydroxyl groups excluding tert-OH is 1. The van der Waals surface area contributed by atoms with Gasteiger partial charge in [0.05, 0.1) is 13.2 Å². The number of nitrogens with two attached hydrogens (primary N) is 1. The molecular weight excluding hydrogens is 152 g/mol. The molecule has 0 atom stereocenters. The van der Waals surface area contributed by atoms with Gasteiger partial charge in [0, 0.05) is 6.20 Å². The molecule has 0 radical (unpaired) electrons. The Morgan fingerprint density at radius 3 is 3.08 bits per heavy atom. The average molecular weight is 162 g/mol. The van der Waals surface area contributed by atoms with Crippen LogP contribution >= 0.6 is 0 Å². The molecule has 1 aromatic rings. The molecule has 0 amide bonds. The van der Waals surface area contributed by atoms with E-state index in [4.69, 9.17) is 10.8 Å². The number of nitrogens with zero attached hydrogens (tertiary/aromatic N) is 1. The minimum Gasteiger partial charge on any atom is -0.392 e. The van der Waals surface area contributed by atoms with E-state index in [0.29, 0.717) is 12.2 Å². The van der Waals surface area contributed by atoms with E-state index in [1.807, 2.05) is 0 Å². The zero-order valence-corrected chi connectivity index (χ0v) is 6.62. The lowest BCUT2D eigenvalue weighted by atomic mass is 10.2. The second-order valence-electron chi connectivity index (χ2n) is 2.21. The van der Waals surface area contributed by atoms with Gasteiger partial charge >= 0.3 is 0 Å². The lowest BCUT2D eigenvalue weighted by Gasteiger charge is -1.94. The Balaban J connectivity index is 2.86. The first kappa shape index (κ1) is 8.72. The molecule has 0 aliphatic carbocycles. The van der Waals surface area contributed by atoms with Gasteiger partial charge in [-0.2, -0.15) is 0 Å². The van der Waals surface area contributed by atoms with E-state index in [9.17, 15) is 0 Å². The average Bonchev–Trinajstić information content (AvgIpc) is 2.15. The summed E-state index contributed by atoms with van der Waals surface area (Å²) in [6.45, 7) is 0.338. The third kappa shape index (κ3) is 2.35. The van der Waals surface area contributed by atoms with Gasteiger partial charge in [-0.15, -0.1) is 0 Å². The number of hydrogen-bond donors (Lipinski definition) is 2. The predicted molar refractivity (Wildman–Crippen MR) is 46.1 cm³/mol. The van der Waals surface area contributed by atoms with Gasteiger partial charge in [0.1, 0.15) is 5.69 Å². The van der Waals surface area contributed by atoms with E-state index < -0.39 is 0 Å². The number of pyridine rings is 1. The van der Waals surface area contributed by atoms with Gasteiger partial charge < -0.3 is 10.8 Å². The molecular formula is C9H10N2O. The van der Waals surface area contributed by atoms with Crippen LogP contribution in [-0.2, 0) is 6.61 Å². The summed E-state index contributed by atoms with van der Waals surface area (Å²) >= 11 is 0. The first-order valence-electron chi connectivity index (χ1n) is 3.61. The van der Waals surface area contributed by atoms with Gasteiger partial charge in [-0.25, -0.2) is 4.98 Å². The molecule has 62 valence electrons. The maximum Gasteiger partial charge on any atom is 0.113 e. The van der Waals surface area contributed by atoms with Crippen LogP contribution in [0.15, 0.2) is 18.3 Å². The van der Waals surface area contributed by atoms with E-state index in [-0.39, 0.29) is 6.61 Å². The van der Waals surface area contributed by atoms with E-state index in [0.717, 1.165) is 5.56 Å². The van der Waals surface area contributed by atoms with Crippen LogP contribution in [-0.4, -0.2) is 16.6 Å². The summed E-state index contributed by atoms with van der Waals surface area (Å²) in [5.74, 6) is 5.47. The zero-order chi connectivity index (χ0) is 8.81. The van der Waals surface area contributed by atoms with Crippen molar-refractivity contribution in [1.29, 1.82) is 0 Å². The van der Waals surface area contributed by atoms with Crippen molar-refractivity contribution in [2.24, 2.45) is 5.73 Å². The van der Waals surface area contributed by atoms with Crippen molar-refractivity contribution < 1.29 is 5.11 Å². The Morgan fingerprint density at radius 2 is 2.42 bits per heavy atom. The fourth-order valence-corrected chi connectivity index (χ4v) is 0.783. The van der Waals surface area contributed by atoms with E-state index in [1.54, 1.807) is 18.3 Å². The number of rotatable bonds is 1. The molecule has 1 heterocycles. The number of aromatic nitrogens is 1. The summed E-state index contributed by atoms with van der Waals surface area (Å²) in [4.78, 5) is 3.98. The zero-order valence-electron chi connectivity index (χ0n) is 6.62. The van der Waals surface area contributed by atoms with Crippen LogP contribution in [0.25, 0.3) is 0 Å². The summed E-state index contributed by atoms with van der Waals surface area (Å²) in [6.07, 6.45) is 1.62. The normalized spacial score (nSPS) is 8.83. The van der Waals surface area contributed by atoms with E-state index >= 15 is 0 Å². The van der Waals surface area contributed by atoms with Crippen LogP contribution in [0.2, 0.25) is 0 Å². The van der Waals surface area contributed by atoms with Crippen molar-refractivity contribution in [2.45, 2.75) is 6.61 Å². The molecule has 0 saturated heterocycles. The predicted octanol–water partition coefficient (Wildman–Crippen LogP) is -0.116. The van der Waals surface area contributed by atoms with Crippen molar-refractivity contribution in [3.05, 3.63) is 29.6 Å². The second kappa shape index (κ2) is 4.50. The highest BCUT2D eigenvalue weighted by molar-refractivity contribution is 5.30. The highest BCUT2D eigenvalue weighted by Crippen LogP contribution is 1.99. The molecule has 3 N–H and O–H groups in total. The molecule has 0 aliphatic heterocycles. The largest absolute Gasteiger partial charge is 0.392 e. The van der Waals surface area contributed by atoms with Gasteiger partial charge in [0.2, 0.25) is 0 Å². The second-order valence-corrected chi connectivity index (χ2v) is 2.21. The Kier molecular flexibility index (Phi) is 3.27. The third-order valence-corrected chi connectivity index (χ3v) is 1.33. The Labute approximate surface area is 71.2 Å². The third-order valence-electron chi connectivity index (χ3n) is 1.33. The van der Waals surface area contributed by atoms with Gasteiger partial charge in [0.15, 0.2) is 0 Å². The fourth-order valence-electron chi connectivity index (χ4n) is 0.783. The van der Waals surface area contributed by atoms with Crippen molar-refractivity contribution in [3.63, 3.8) is 0 Å². The lowest BCUT2D eigenvalue weighted by molar-refractivity contribution is 0.281. The van der Waals surface area contributed by atoms with Crippen LogP contribution in [0.5, 0.6) is 0 Å². The summed E-state index contributed by atoms with van der Waals surface area (Å²) < 4.78 is 0. The molecule has 0 bridgehead atoms. The maximum atomic E-state index is 8.79. The summed E-state index contributed by atoms with van der Waals surface area (Å²) in [7, 11) is 0. The van der Waals surface area contributed by atoms with E-state index in [1.165, 1.54) is 0 Å². The lowest BCUT2D eigenvalue weighted by Crippen LogP contribution is -1.94. The molecule has 3 nitrogen and oxygen atoms in total. The standard InChI is InChI=1S/C9H10N2O/c10-4-1-2-9-6-8(7-12)3-5-11-9/h3,5-6,12H,4,7,10H2. The monoisotopic (exact) mass is 162 g/mol. The van der Waals surface area contributed by atoms with Gasteiger partial charge in [-0.05, 0) is 23.6 Å². The maximum absolute atomic E-state index is 8.79. The smallest absolute Gasteiger partial charge is 0.113 e. The molecule has 0 fully saturated rings. The summed E-state index contributed by atoms with van der Waals surface area (Å²) in [5.41, 5.74) is 6.65. The Hall–Kier alpha value is -1.37. The van der Waals surface area contributed by atoms with Gasteiger partial charge in [-0.1, -0.05) is 5.92 Å². The quantitative estimate of drug-likeness (QED) is 0.566. The summed E-state index contributed by atoms with van der Waals surface area (Å²) in [6, 6.07) is 3.48. The fraction of sp³-hybridized carbons (Fsp3) is 0.222. The highest BCUT2D eigenvalue weighted by atomic mass is 16.3. The van der Waals surface area contributed by atoms with Crippen LogP contribution in [0.4, 0.5) is 0 Å². The SMILES string of the molecule is NCC#Cc1cc(CO)ccn1. The molecule has 0 spiro atoms. The molecule has 0 aliphatic rings. The van der Waals surface area contributed by atoms with Crippen LogP contribution in [0.3, 0.4) is 0 Å². The van der Waals surface area contributed by atoms with Crippen LogP contribution < -0.4 is 5.73 Å².